The molecular formula is C18H12N4O4S2. The Bertz CT molecular complexity index is 1200. The van der Waals surface area contributed by atoms with Gasteiger partial charge in [0.05, 0.1) is 21.7 Å². The maximum atomic E-state index is 12.7. The Balaban J connectivity index is 1.59. The van der Waals surface area contributed by atoms with Gasteiger partial charge in [0, 0.05) is 12.4 Å². The van der Waals surface area contributed by atoms with Crippen molar-refractivity contribution in [1.29, 1.82) is 0 Å². The van der Waals surface area contributed by atoms with Gasteiger partial charge in [-0.3, -0.25) is 19.6 Å². The fourth-order valence-electron chi connectivity index (χ4n) is 2.57. The highest BCUT2D eigenvalue weighted by Crippen LogP contribution is 2.27. The molecule has 0 unspecified atom stereocenters. The summed E-state index contributed by atoms with van der Waals surface area (Å²) in [4.78, 5) is 31.6. The van der Waals surface area contributed by atoms with Crippen LogP contribution in [0.3, 0.4) is 0 Å². The average Bonchev–Trinajstić information content (AvgIpc) is 2.96. The zero-order valence-electron chi connectivity index (χ0n) is 14.1. The van der Waals surface area contributed by atoms with Crippen molar-refractivity contribution in [2.75, 3.05) is 4.72 Å². The smallest absolute Gasteiger partial charge is 0.261 e. The van der Waals surface area contributed by atoms with Crippen LogP contribution in [0.2, 0.25) is 0 Å². The van der Waals surface area contributed by atoms with Crippen molar-refractivity contribution in [3.63, 3.8) is 0 Å². The molecule has 1 aliphatic heterocycles. The summed E-state index contributed by atoms with van der Waals surface area (Å²) < 4.78 is 27.8. The molecule has 1 aromatic carbocycles. The summed E-state index contributed by atoms with van der Waals surface area (Å²) in [6.07, 6.45) is 3.14. The van der Waals surface area contributed by atoms with Gasteiger partial charge in [0.25, 0.3) is 21.8 Å². The number of imide groups is 1. The van der Waals surface area contributed by atoms with Crippen LogP contribution in [-0.4, -0.2) is 30.2 Å². The van der Waals surface area contributed by atoms with Gasteiger partial charge in [-0.25, -0.2) is 18.4 Å². The minimum absolute atomic E-state index is 0.0361. The van der Waals surface area contributed by atoms with Crippen molar-refractivity contribution in [2.24, 2.45) is 0 Å². The topological polar surface area (TPSA) is 118 Å². The molecule has 3 aromatic rings. The van der Waals surface area contributed by atoms with Crippen LogP contribution in [0.15, 0.2) is 75.9 Å². The van der Waals surface area contributed by atoms with Crippen LogP contribution in [0.4, 0.5) is 5.69 Å². The lowest BCUT2D eigenvalue weighted by Crippen LogP contribution is -2.19. The molecule has 0 radical (unpaired) electrons. The molecule has 1 aliphatic rings. The molecule has 3 heterocycles. The summed E-state index contributed by atoms with van der Waals surface area (Å²) >= 11 is 1.29. The first-order chi connectivity index (χ1) is 13.4. The van der Waals surface area contributed by atoms with E-state index in [1.165, 1.54) is 42.2 Å². The average molecular weight is 412 g/mol. The monoisotopic (exact) mass is 412 g/mol. The molecule has 0 saturated heterocycles. The van der Waals surface area contributed by atoms with Gasteiger partial charge in [-0.15, -0.1) is 0 Å². The normalized spacial score (nSPS) is 13.1. The Morgan fingerprint density at radius 1 is 0.857 bits per heavy atom. The van der Waals surface area contributed by atoms with Crippen LogP contribution in [0.1, 0.15) is 20.7 Å². The lowest BCUT2D eigenvalue weighted by atomic mass is 10.1. The summed E-state index contributed by atoms with van der Waals surface area (Å²) in [5.74, 6) is -1.16. The number of hydrogen-bond acceptors (Lipinski definition) is 7. The molecule has 0 saturated carbocycles. The summed E-state index contributed by atoms with van der Waals surface area (Å²) in [7, 11) is -3.96. The van der Waals surface area contributed by atoms with Gasteiger partial charge in [0.15, 0.2) is 0 Å². The van der Waals surface area contributed by atoms with E-state index < -0.39 is 21.8 Å². The number of amides is 2. The number of aromatic nitrogens is 2. The fraction of sp³-hybridized carbons (Fsp3) is 0. The van der Waals surface area contributed by atoms with Gasteiger partial charge in [-0.2, -0.15) is 0 Å². The second-order valence-electron chi connectivity index (χ2n) is 5.75. The third-order valence-corrected chi connectivity index (χ3v) is 6.11. The van der Waals surface area contributed by atoms with E-state index in [-0.39, 0.29) is 16.0 Å². The maximum Gasteiger partial charge on any atom is 0.261 e. The number of carbonyl (C=O) groups excluding carboxylic acids is 2. The molecular weight excluding hydrogens is 400 g/mol. The molecule has 2 N–H and O–H groups in total. The number of hydrogen-bond donors (Lipinski definition) is 2. The van der Waals surface area contributed by atoms with Gasteiger partial charge in [-0.1, -0.05) is 17.8 Å². The minimum atomic E-state index is -3.96. The molecule has 0 spiro atoms. The standard InChI is InChI=1S/C18H12N4O4S2/c23-17-13-5-4-12(10-14(13)18(24)21-17)28(25,26)22-11-6-8-20-16(9-11)27-15-3-1-2-7-19-15/h1-10H,(H,20,22)(H,21,23,24). The van der Waals surface area contributed by atoms with E-state index in [1.54, 1.807) is 18.3 Å². The Hall–Kier alpha value is -3.24. The first-order valence-corrected chi connectivity index (χ1v) is 10.3. The third-order valence-electron chi connectivity index (χ3n) is 3.85. The highest BCUT2D eigenvalue weighted by Gasteiger charge is 2.28. The second-order valence-corrected chi connectivity index (χ2v) is 8.47. The lowest BCUT2D eigenvalue weighted by Gasteiger charge is -2.09. The summed E-state index contributed by atoms with van der Waals surface area (Å²) in [5.41, 5.74) is 0.505. The van der Waals surface area contributed by atoms with Gasteiger partial charge >= 0.3 is 0 Å². The van der Waals surface area contributed by atoms with Crippen LogP contribution in [-0.2, 0) is 10.0 Å². The molecule has 2 amide bonds. The number of sulfonamides is 1. The number of nitrogens with zero attached hydrogens (tertiary/aromatic N) is 2. The van der Waals surface area contributed by atoms with Crippen molar-refractivity contribution in [3.05, 3.63) is 72.1 Å². The predicted molar refractivity (Wildman–Crippen MR) is 102 cm³/mol. The molecule has 0 bridgehead atoms. The van der Waals surface area contributed by atoms with Crippen molar-refractivity contribution in [1.82, 2.24) is 15.3 Å². The van der Waals surface area contributed by atoms with E-state index in [9.17, 15) is 18.0 Å². The number of rotatable bonds is 5. The van der Waals surface area contributed by atoms with E-state index in [0.717, 1.165) is 5.03 Å². The highest BCUT2D eigenvalue weighted by molar-refractivity contribution is 7.99. The minimum Gasteiger partial charge on any atom is -0.288 e. The van der Waals surface area contributed by atoms with E-state index in [0.29, 0.717) is 10.7 Å². The summed E-state index contributed by atoms with van der Waals surface area (Å²) in [6.45, 7) is 0. The molecule has 2 aromatic heterocycles. The van der Waals surface area contributed by atoms with Crippen LogP contribution >= 0.6 is 11.8 Å². The zero-order chi connectivity index (χ0) is 19.7. The highest BCUT2D eigenvalue weighted by atomic mass is 32.2. The quantitative estimate of drug-likeness (QED) is 0.617. The molecule has 8 nitrogen and oxygen atoms in total. The van der Waals surface area contributed by atoms with E-state index in [2.05, 4.69) is 20.0 Å². The Morgan fingerprint density at radius 3 is 2.43 bits per heavy atom. The molecule has 0 fully saturated rings. The SMILES string of the molecule is O=C1NC(=O)c2cc(S(=O)(=O)Nc3ccnc(Sc4ccccn4)c3)ccc21. The molecule has 0 atom stereocenters. The van der Waals surface area contributed by atoms with Gasteiger partial charge in [-0.05, 0) is 42.5 Å². The first kappa shape index (κ1) is 18.1. The van der Waals surface area contributed by atoms with Gasteiger partial charge in [0.1, 0.15) is 10.1 Å². The van der Waals surface area contributed by atoms with Crippen LogP contribution < -0.4 is 10.0 Å². The lowest BCUT2D eigenvalue weighted by molar-refractivity contribution is 0.0879. The molecule has 4 rings (SSSR count). The maximum absolute atomic E-state index is 12.7. The van der Waals surface area contributed by atoms with Crippen molar-refractivity contribution < 1.29 is 18.0 Å². The second kappa shape index (κ2) is 7.06. The van der Waals surface area contributed by atoms with Gasteiger partial charge in [0.2, 0.25) is 0 Å². The Morgan fingerprint density at radius 2 is 1.64 bits per heavy atom. The Kier molecular flexibility index (Phi) is 4.57. The number of carbonyl (C=O) groups is 2. The third kappa shape index (κ3) is 3.59. The van der Waals surface area contributed by atoms with E-state index >= 15 is 0 Å². The summed E-state index contributed by atoms with van der Waals surface area (Å²) in [5, 5.41) is 3.42. The fourth-order valence-corrected chi connectivity index (χ4v) is 4.42. The molecule has 140 valence electrons. The van der Waals surface area contributed by atoms with Crippen molar-refractivity contribution in [2.45, 2.75) is 14.9 Å². The number of benzene rings is 1. The van der Waals surface area contributed by atoms with Crippen LogP contribution in [0.25, 0.3) is 0 Å². The molecule has 10 heteroatoms. The van der Waals surface area contributed by atoms with Crippen LogP contribution in [0.5, 0.6) is 0 Å². The summed E-state index contributed by atoms with van der Waals surface area (Å²) in [6, 6.07) is 12.3. The first-order valence-electron chi connectivity index (χ1n) is 8.00. The van der Waals surface area contributed by atoms with E-state index in [1.807, 2.05) is 12.1 Å². The van der Waals surface area contributed by atoms with E-state index in [4.69, 9.17) is 0 Å². The predicted octanol–water partition coefficient (Wildman–Crippen LogP) is 2.31. The van der Waals surface area contributed by atoms with Gasteiger partial charge < -0.3 is 0 Å². The number of nitrogens with one attached hydrogen (secondary N) is 2. The number of pyridine rings is 2. The zero-order valence-corrected chi connectivity index (χ0v) is 15.8. The number of anilines is 1. The number of fused-ring (bicyclic) bond motifs is 1. The van der Waals surface area contributed by atoms with Crippen LogP contribution in [0, 0.1) is 0 Å². The Labute approximate surface area is 164 Å². The molecule has 28 heavy (non-hydrogen) atoms. The van der Waals surface area contributed by atoms with Crippen molar-refractivity contribution in [3.8, 4) is 0 Å². The largest absolute Gasteiger partial charge is 0.288 e. The van der Waals surface area contributed by atoms with Crippen molar-refractivity contribution >= 4 is 39.3 Å². The molecule has 0 aliphatic carbocycles.